The van der Waals surface area contributed by atoms with Gasteiger partial charge in [0, 0.05) is 18.7 Å². The zero-order valence-corrected chi connectivity index (χ0v) is 27.8. The summed E-state index contributed by atoms with van der Waals surface area (Å²) in [6.45, 7) is 16.2. The summed E-state index contributed by atoms with van der Waals surface area (Å²) in [5, 5.41) is -0.00621. The van der Waals surface area contributed by atoms with Gasteiger partial charge in [0.15, 0.2) is 8.32 Å². The van der Waals surface area contributed by atoms with Gasteiger partial charge in [0.1, 0.15) is 21.6 Å². The van der Waals surface area contributed by atoms with Crippen molar-refractivity contribution in [1.29, 1.82) is 0 Å². The summed E-state index contributed by atoms with van der Waals surface area (Å²) in [4.78, 5) is 42.3. The van der Waals surface area contributed by atoms with Crippen molar-refractivity contribution in [2.75, 3.05) is 6.61 Å². The van der Waals surface area contributed by atoms with Crippen LogP contribution in [0.3, 0.4) is 0 Å². The van der Waals surface area contributed by atoms with E-state index >= 15 is 0 Å². The number of nitrogens with zero attached hydrogens (tertiary/aromatic N) is 2. The normalized spacial score (nSPS) is 13.5. The topological polar surface area (TPSA) is 81.4 Å². The molecular weight excluding hydrogens is 615 g/mol. The number of carbonyl (C=O) groups is 1. The van der Waals surface area contributed by atoms with E-state index in [4.69, 9.17) is 21.3 Å². The van der Waals surface area contributed by atoms with Crippen molar-refractivity contribution in [2.24, 2.45) is 5.41 Å². The molecule has 0 amide bonds. The second-order valence-corrected chi connectivity index (χ2v) is 18.2. The fourth-order valence-corrected chi connectivity index (χ4v) is 6.06. The quantitative estimate of drug-likeness (QED) is 0.144. The number of aromatic nitrogens is 2. The van der Waals surface area contributed by atoms with Gasteiger partial charge in [-0.15, -0.1) is 0 Å². The molecule has 3 aromatic rings. The van der Waals surface area contributed by atoms with Crippen LogP contribution in [0, 0.1) is 11.2 Å². The first-order valence-electron chi connectivity index (χ1n) is 13.5. The fourth-order valence-electron chi connectivity index (χ4n) is 4.69. The molecule has 0 fully saturated rings. The predicted molar refractivity (Wildman–Crippen MR) is 165 cm³/mol. The third kappa shape index (κ3) is 6.86. The lowest BCUT2D eigenvalue weighted by atomic mass is 9.82. The van der Waals surface area contributed by atoms with Crippen LogP contribution in [0.15, 0.2) is 39.9 Å². The summed E-state index contributed by atoms with van der Waals surface area (Å²) in [7, 11) is -2.47. The summed E-state index contributed by atoms with van der Waals surface area (Å²) in [6.07, 6.45) is 3.12. The maximum Gasteiger partial charge on any atom is 0.343 e. The summed E-state index contributed by atoms with van der Waals surface area (Å²) in [5.74, 6) is -1.23. The molecular formula is C30H39BrClFN2O4Si. The van der Waals surface area contributed by atoms with Gasteiger partial charge in [-0.2, -0.15) is 0 Å². The average Bonchev–Trinajstić information content (AvgIpc) is 2.82. The number of halogens is 3. The van der Waals surface area contributed by atoms with Crippen molar-refractivity contribution in [3.8, 4) is 0 Å². The van der Waals surface area contributed by atoms with E-state index in [-0.39, 0.29) is 45.5 Å². The number of hydrogen-bond acceptors (Lipinski definition) is 5. The number of benzene rings is 1. The second kappa shape index (κ2) is 12.0. The first-order valence-corrected chi connectivity index (χ1v) is 17.6. The molecule has 0 radical (unpaired) electrons. The van der Waals surface area contributed by atoms with E-state index < -0.39 is 25.5 Å². The Morgan fingerprint density at radius 3 is 2.45 bits per heavy atom. The van der Waals surface area contributed by atoms with Gasteiger partial charge in [-0.3, -0.25) is 4.79 Å². The highest BCUT2D eigenvalue weighted by atomic mass is 79.9. The van der Waals surface area contributed by atoms with Crippen LogP contribution in [-0.4, -0.2) is 35.2 Å². The molecule has 40 heavy (non-hydrogen) atoms. The molecule has 1 atom stereocenters. The molecule has 0 aliphatic heterocycles. The smallest absolute Gasteiger partial charge is 0.343 e. The average molecular weight is 654 g/mol. The lowest BCUT2D eigenvalue weighted by molar-refractivity contribution is 0.0523. The van der Waals surface area contributed by atoms with Crippen LogP contribution >= 0.6 is 27.5 Å². The van der Waals surface area contributed by atoms with Crippen LogP contribution < -0.4 is 5.43 Å². The number of ether oxygens (including phenoxy) is 1. The Kier molecular flexibility index (Phi) is 9.76. The molecule has 1 aromatic carbocycles. The van der Waals surface area contributed by atoms with E-state index in [9.17, 15) is 18.8 Å². The molecule has 2 aromatic heterocycles. The Labute approximate surface area is 250 Å². The third-order valence-electron chi connectivity index (χ3n) is 7.97. The van der Waals surface area contributed by atoms with Gasteiger partial charge < -0.3 is 14.1 Å². The lowest BCUT2D eigenvalue weighted by Gasteiger charge is -2.39. The summed E-state index contributed by atoms with van der Waals surface area (Å²) in [6, 6.07) is 6.28. The maximum atomic E-state index is 14.7. The lowest BCUT2D eigenvalue weighted by Crippen LogP contribution is -2.40. The van der Waals surface area contributed by atoms with E-state index in [1.807, 2.05) is 17.7 Å². The van der Waals surface area contributed by atoms with Gasteiger partial charge in [-0.05, 0) is 82.5 Å². The van der Waals surface area contributed by atoms with E-state index in [0.29, 0.717) is 27.8 Å². The molecule has 0 spiro atoms. The van der Waals surface area contributed by atoms with Crippen molar-refractivity contribution < 1.29 is 18.7 Å². The maximum absolute atomic E-state index is 14.7. The summed E-state index contributed by atoms with van der Waals surface area (Å²) < 4.78 is 22.3. The Balaban J connectivity index is 2.27. The Morgan fingerprint density at radius 2 is 1.88 bits per heavy atom. The Hall–Kier alpha value is -2.07. The third-order valence-corrected chi connectivity index (χ3v) is 12.5. The van der Waals surface area contributed by atoms with Crippen LogP contribution in [0.2, 0.25) is 23.2 Å². The second-order valence-electron chi connectivity index (χ2n) is 12.6. The molecule has 1 N–H and O–H groups in total. The van der Waals surface area contributed by atoms with Crippen LogP contribution in [0.25, 0.3) is 11.0 Å². The van der Waals surface area contributed by atoms with E-state index in [1.165, 1.54) is 6.07 Å². The van der Waals surface area contributed by atoms with Gasteiger partial charge in [0.25, 0.3) is 0 Å². The van der Waals surface area contributed by atoms with Gasteiger partial charge >= 0.3 is 5.97 Å². The minimum atomic E-state index is -2.47. The number of rotatable bonds is 9. The highest BCUT2D eigenvalue weighted by molar-refractivity contribution is 9.10. The number of esters is 1. The molecule has 0 saturated carbocycles. The van der Waals surface area contributed by atoms with E-state index in [2.05, 4.69) is 50.5 Å². The minimum absolute atomic E-state index is 0.0133. The van der Waals surface area contributed by atoms with E-state index in [1.54, 1.807) is 31.3 Å². The van der Waals surface area contributed by atoms with Gasteiger partial charge in [0.2, 0.25) is 5.43 Å². The predicted octanol–water partition coefficient (Wildman–Crippen LogP) is 8.06. The van der Waals surface area contributed by atoms with Crippen molar-refractivity contribution in [1.82, 2.24) is 9.55 Å². The zero-order chi connectivity index (χ0) is 30.2. The van der Waals surface area contributed by atoms with Crippen LogP contribution in [-0.2, 0) is 11.2 Å². The number of hydrogen-bond donors (Lipinski definition) is 1. The standard InChI is InChI=1S/C30H39BrClFN2O4Si/c1-9-39-28(37)21-17-35(23(29(2,3)4)13-14-30(5,6)40(7,8)38)27-20(25(21)36)16-19(26(31)34-27)15-18-11-10-12-22(32)24(18)33/h10-12,16-17,23,38H,9,13-15H2,1-8H3/t23-/m1/s1. The Morgan fingerprint density at radius 1 is 1.23 bits per heavy atom. The van der Waals surface area contributed by atoms with Crippen LogP contribution in [0.1, 0.15) is 81.9 Å². The SMILES string of the molecule is CCOC(=O)c1cn([C@H](CCC(C)(C)[Si](C)(C)O)C(C)(C)C)c2nc(Br)c(Cc3cccc(Cl)c3F)cc2c1=O. The van der Waals surface area contributed by atoms with Crippen molar-refractivity contribution in [3.05, 3.63) is 72.8 Å². The molecule has 2 heterocycles. The largest absolute Gasteiger partial charge is 0.462 e. The molecule has 3 rings (SSSR count). The zero-order valence-electron chi connectivity index (χ0n) is 24.5. The summed E-state index contributed by atoms with van der Waals surface area (Å²) in [5.41, 5.74) is 0.500. The first-order chi connectivity index (χ1) is 18.4. The summed E-state index contributed by atoms with van der Waals surface area (Å²) >= 11 is 9.54. The highest BCUT2D eigenvalue weighted by Gasteiger charge is 2.40. The number of carbonyl (C=O) groups excluding carboxylic acids is 1. The van der Waals surface area contributed by atoms with Crippen molar-refractivity contribution in [2.45, 2.75) is 85.0 Å². The number of pyridine rings is 2. The molecule has 0 aliphatic rings. The van der Waals surface area contributed by atoms with E-state index in [0.717, 1.165) is 6.42 Å². The highest BCUT2D eigenvalue weighted by Crippen LogP contribution is 2.45. The fraction of sp³-hybridized carbons (Fsp3) is 0.500. The monoisotopic (exact) mass is 652 g/mol. The van der Waals surface area contributed by atoms with Gasteiger partial charge in [-0.1, -0.05) is 58.4 Å². The first kappa shape index (κ1) is 32.4. The minimum Gasteiger partial charge on any atom is -0.462 e. The molecule has 0 unspecified atom stereocenters. The molecule has 6 nitrogen and oxygen atoms in total. The molecule has 218 valence electrons. The molecule has 0 saturated heterocycles. The molecule has 0 bridgehead atoms. The number of fused-ring (bicyclic) bond motifs is 1. The van der Waals surface area contributed by atoms with Crippen LogP contribution in [0.5, 0.6) is 0 Å². The van der Waals surface area contributed by atoms with Crippen molar-refractivity contribution >= 4 is 52.9 Å². The van der Waals surface area contributed by atoms with Crippen LogP contribution in [0.4, 0.5) is 4.39 Å². The van der Waals surface area contributed by atoms with Gasteiger partial charge in [-0.25, -0.2) is 14.2 Å². The van der Waals surface area contributed by atoms with Gasteiger partial charge in [0.05, 0.1) is 17.0 Å². The van der Waals surface area contributed by atoms with Crippen molar-refractivity contribution in [3.63, 3.8) is 0 Å². The molecule has 0 aliphatic carbocycles. The molecule has 10 heteroatoms. The Bertz CT molecular complexity index is 1480.